The van der Waals surface area contributed by atoms with Crippen LogP contribution in [0.5, 0.6) is 0 Å². The molecule has 1 heterocycles. The number of hydrogen-bond donors (Lipinski definition) is 0. The summed E-state index contributed by atoms with van der Waals surface area (Å²) >= 11 is 5.59. The summed E-state index contributed by atoms with van der Waals surface area (Å²) in [5.41, 5.74) is -1.000. The first kappa shape index (κ1) is 15.4. The van der Waals surface area contributed by atoms with Crippen molar-refractivity contribution in [1.82, 2.24) is 4.98 Å². The minimum absolute atomic E-state index is 0.103. The van der Waals surface area contributed by atoms with Crippen molar-refractivity contribution in [3.05, 3.63) is 64.2 Å². The van der Waals surface area contributed by atoms with Crippen LogP contribution in [0.15, 0.2) is 36.5 Å². The smallest absolute Gasteiger partial charge is 0.292 e. The highest BCUT2D eigenvalue weighted by atomic mass is 35.5. The second-order valence-corrected chi connectivity index (χ2v) is 4.70. The Balaban J connectivity index is 2.17. The van der Waals surface area contributed by atoms with E-state index in [0.29, 0.717) is 6.20 Å². The fourth-order valence-electron chi connectivity index (χ4n) is 1.66. The number of nitrogens with zero attached hydrogens (tertiary/aromatic N) is 1. The van der Waals surface area contributed by atoms with Crippen LogP contribution in [0.4, 0.5) is 17.6 Å². The quantitative estimate of drug-likeness (QED) is 0.623. The van der Waals surface area contributed by atoms with E-state index in [9.17, 15) is 22.4 Å². The summed E-state index contributed by atoms with van der Waals surface area (Å²) in [4.78, 5) is 15.3. The maximum absolute atomic E-state index is 13.5. The highest BCUT2D eigenvalue weighted by Gasteiger charge is 2.30. The van der Waals surface area contributed by atoms with E-state index in [2.05, 4.69) is 4.98 Å². The molecule has 0 radical (unpaired) electrons. The lowest BCUT2D eigenvalue weighted by molar-refractivity contribution is -0.137. The topological polar surface area (TPSA) is 30.0 Å². The standard InChI is InChI=1S/C14H8ClF4NO/c15-10-3-1-8(11(16)6-10)5-13(21)12-4-2-9(7-20-12)14(17,18)19/h1-4,6-7H,5H2. The number of halogens is 5. The second kappa shape index (κ2) is 5.81. The highest BCUT2D eigenvalue weighted by Crippen LogP contribution is 2.28. The van der Waals surface area contributed by atoms with Gasteiger partial charge in [0.2, 0.25) is 0 Å². The van der Waals surface area contributed by atoms with E-state index in [0.717, 1.165) is 18.2 Å². The molecule has 1 aromatic carbocycles. The van der Waals surface area contributed by atoms with Crippen LogP contribution in [-0.2, 0) is 12.6 Å². The maximum atomic E-state index is 13.5. The Morgan fingerprint density at radius 2 is 1.90 bits per heavy atom. The molecule has 1 aromatic heterocycles. The summed E-state index contributed by atoms with van der Waals surface area (Å²) in [6.45, 7) is 0. The van der Waals surface area contributed by atoms with E-state index in [1.807, 2.05) is 0 Å². The minimum atomic E-state index is -4.52. The molecule has 0 aliphatic heterocycles. The molecule has 0 aliphatic carbocycles. The van der Waals surface area contributed by atoms with Crippen LogP contribution in [0.1, 0.15) is 21.6 Å². The van der Waals surface area contributed by atoms with Crippen LogP contribution < -0.4 is 0 Å². The molecule has 0 N–H and O–H groups in total. The molecule has 2 rings (SSSR count). The number of benzene rings is 1. The Kier molecular flexibility index (Phi) is 4.27. The Labute approximate surface area is 122 Å². The van der Waals surface area contributed by atoms with Gasteiger partial charge < -0.3 is 0 Å². The largest absolute Gasteiger partial charge is 0.417 e. The molecule has 2 aromatic rings. The summed E-state index contributed by atoms with van der Waals surface area (Å²) in [7, 11) is 0. The first-order valence-electron chi connectivity index (χ1n) is 5.78. The highest BCUT2D eigenvalue weighted by molar-refractivity contribution is 6.30. The lowest BCUT2D eigenvalue weighted by atomic mass is 10.1. The number of hydrogen-bond acceptors (Lipinski definition) is 2. The van der Waals surface area contributed by atoms with Crippen LogP contribution in [0.2, 0.25) is 5.02 Å². The van der Waals surface area contributed by atoms with Gasteiger partial charge in [-0.15, -0.1) is 0 Å². The summed E-state index contributed by atoms with van der Waals surface area (Å²) < 4.78 is 50.7. The van der Waals surface area contributed by atoms with E-state index in [1.54, 1.807) is 0 Å². The van der Waals surface area contributed by atoms with Crippen molar-refractivity contribution in [3.63, 3.8) is 0 Å². The number of rotatable bonds is 3. The number of ketones is 1. The molecule has 7 heteroatoms. The lowest BCUT2D eigenvalue weighted by Gasteiger charge is -2.07. The molecule has 0 saturated heterocycles. The molecule has 0 spiro atoms. The van der Waals surface area contributed by atoms with Crippen LogP contribution in [0.25, 0.3) is 0 Å². The molecule has 0 unspecified atom stereocenters. The van der Waals surface area contributed by atoms with Gasteiger partial charge in [0.1, 0.15) is 11.5 Å². The summed E-state index contributed by atoms with van der Waals surface area (Å²) in [5, 5.41) is 0.191. The van der Waals surface area contributed by atoms with Crippen molar-refractivity contribution in [2.75, 3.05) is 0 Å². The van der Waals surface area contributed by atoms with Crippen molar-refractivity contribution in [2.24, 2.45) is 0 Å². The van der Waals surface area contributed by atoms with E-state index in [-0.39, 0.29) is 22.7 Å². The number of alkyl halides is 3. The van der Waals surface area contributed by atoms with E-state index in [1.165, 1.54) is 12.1 Å². The van der Waals surface area contributed by atoms with Gasteiger partial charge >= 0.3 is 6.18 Å². The molecule has 0 saturated carbocycles. The molecule has 21 heavy (non-hydrogen) atoms. The van der Waals surface area contributed by atoms with Crippen molar-refractivity contribution in [3.8, 4) is 0 Å². The number of Topliss-reactive ketones (excluding diaryl/α,β-unsaturated/α-hetero) is 1. The van der Waals surface area contributed by atoms with Crippen molar-refractivity contribution < 1.29 is 22.4 Å². The fourth-order valence-corrected chi connectivity index (χ4v) is 1.81. The number of aromatic nitrogens is 1. The fraction of sp³-hybridized carbons (Fsp3) is 0.143. The minimum Gasteiger partial charge on any atom is -0.292 e. The van der Waals surface area contributed by atoms with Crippen LogP contribution in [0, 0.1) is 5.82 Å². The predicted octanol–water partition coefficient (Wildman–Crippen LogP) is 4.32. The van der Waals surface area contributed by atoms with Gasteiger partial charge in [-0.25, -0.2) is 4.39 Å². The number of carbonyl (C=O) groups excluding carboxylic acids is 1. The van der Waals surface area contributed by atoms with E-state index < -0.39 is 23.3 Å². The van der Waals surface area contributed by atoms with Gasteiger partial charge in [-0.1, -0.05) is 17.7 Å². The zero-order valence-electron chi connectivity index (χ0n) is 10.4. The molecular formula is C14H8ClF4NO. The van der Waals surface area contributed by atoms with Gasteiger partial charge in [0, 0.05) is 17.6 Å². The van der Waals surface area contributed by atoms with Gasteiger partial charge in [0.15, 0.2) is 5.78 Å². The van der Waals surface area contributed by atoms with Gasteiger partial charge in [0.05, 0.1) is 5.56 Å². The first-order chi connectivity index (χ1) is 9.77. The summed E-state index contributed by atoms with van der Waals surface area (Å²) in [6.07, 6.45) is -4.25. The molecule has 0 amide bonds. The molecular weight excluding hydrogens is 310 g/mol. The molecule has 110 valence electrons. The van der Waals surface area contributed by atoms with Crippen LogP contribution in [0.3, 0.4) is 0 Å². The number of pyridine rings is 1. The van der Waals surface area contributed by atoms with Gasteiger partial charge in [0.25, 0.3) is 0 Å². The van der Waals surface area contributed by atoms with Crippen molar-refractivity contribution in [1.29, 1.82) is 0 Å². The summed E-state index contributed by atoms with van der Waals surface area (Å²) in [5.74, 6) is -1.23. The summed E-state index contributed by atoms with van der Waals surface area (Å²) in [6, 6.07) is 5.56. The second-order valence-electron chi connectivity index (χ2n) is 4.27. The zero-order valence-corrected chi connectivity index (χ0v) is 11.2. The molecule has 2 nitrogen and oxygen atoms in total. The monoisotopic (exact) mass is 317 g/mol. The maximum Gasteiger partial charge on any atom is 0.417 e. The molecule has 0 aliphatic rings. The Morgan fingerprint density at radius 1 is 1.19 bits per heavy atom. The zero-order chi connectivity index (χ0) is 15.6. The van der Waals surface area contributed by atoms with E-state index in [4.69, 9.17) is 11.6 Å². The third kappa shape index (κ3) is 3.78. The first-order valence-corrected chi connectivity index (χ1v) is 6.15. The average molecular weight is 318 g/mol. The third-order valence-corrected chi connectivity index (χ3v) is 2.98. The average Bonchev–Trinajstić information content (AvgIpc) is 2.41. The normalized spacial score (nSPS) is 11.5. The third-order valence-electron chi connectivity index (χ3n) is 2.74. The number of carbonyl (C=O) groups is 1. The SMILES string of the molecule is O=C(Cc1ccc(Cl)cc1F)c1ccc(C(F)(F)F)cn1. The molecule has 0 bridgehead atoms. The van der Waals surface area contributed by atoms with Crippen LogP contribution in [-0.4, -0.2) is 10.8 Å². The van der Waals surface area contributed by atoms with Crippen molar-refractivity contribution >= 4 is 17.4 Å². The van der Waals surface area contributed by atoms with Crippen molar-refractivity contribution in [2.45, 2.75) is 12.6 Å². The predicted molar refractivity (Wildman–Crippen MR) is 68.7 cm³/mol. The molecule has 0 fully saturated rings. The molecule has 0 atom stereocenters. The van der Waals surface area contributed by atoms with Gasteiger partial charge in [-0.3, -0.25) is 9.78 Å². The van der Waals surface area contributed by atoms with E-state index >= 15 is 0 Å². The van der Waals surface area contributed by atoms with Gasteiger partial charge in [-0.05, 0) is 29.8 Å². The Hall–Kier alpha value is -1.95. The Bertz CT molecular complexity index is 668. The Morgan fingerprint density at radius 3 is 2.43 bits per heavy atom. The van der Waals surface area contributed by atoms with Crippen LogP contribution >= 0.6 is 11.6 Å². The lowest BCUT2D eigenvalue weighted by Crippen LogP contribution is -2.10. The van der Waals surface area contributed by atoms with Gasteiger partial charge in [-0.2, -0.15) is 13.2 Å².